The molecule has 2 amide bonds. The molecule has 0 saturated carbocycles. The monoisotopic (exact) mass is 479 g/mol. The largest absolute Gasteiger partial charge is 0.486 e. The maximum absolute atomic E-state index is 13.3. The molecule has 1 N–H and O–H groups in total. The van der Waals surface area contributed by atoms with Crippen LogP contribution in [0.15, 0.2) is 53.9 Å². The topological polar surface area (TPSA) is 98.6 Å². The van der Waals surface area contributed by atoms with Crippen molar-refractivity contribution in [1.29, 1.82) is 0 Å². The number of thioether (sulfide) groups is 1. The number of nitrogens with zero attached hydrogens (tertiary/aromatic N) is 4. The van der Waals surface area contributed by atoms with Crippen LogP contribution in [-0.4, -0.2) is 57.0 Å². The van der Waals surface area contributed by atoms with E-state index in [0.29, 0.717) is 36.2 Å². The van der Waals surface area contributed by atoms with Gasteiger partial charge in [0.1, 0.15) is 19.5 Å². The van der Waals surface area contributed by atoms with E-state index >= 15 is 0 Å². The number of amides is 2. The molecule has 176 valence electrons. The number of fused-ring (bicyclic) bond motifs is 1. The molecule has 0 aliphatic carbocycles. The average molecular weight is 480 g/mol. The summed E-state index contributed by atoms with van der Waals surface area (Å²) in [6.07, 6.45) is 3.44. The summed E-state index contributed by atoms with van der Waals surface area (Å²) in [6.45, 7) is 1.79. The fraction of sp³-hybridized carbons (Fsp3) is 0.333. The van der Waals surface area contributed by atoms with Crippen molar-refractivity contribution in [2.45, 2.75) is 24.0 Å². The summed E-state index contributed by atoms with van der Waals surface area (Å²) in [7, 11) is 1.83. The molecule has 5 rings (SSSR count). The van der Waals surface area contributed by atoms with Gasteiger partial charge in [-0.25, -0.2) is 0 Å². The van der Waals surface area contributed by atoms with Crippen LogP contribution in [0.3, 0.4) is 0 Å². The standard InChI is InChI=1S/C24H25N5O4S/c1-28-15-25-27-24(28)34-14-22(30)26-18-7-4-16(5-8-18)23(31)29-10-2-3-19(29)17-6-9-20-21(13-17)33-12-11-32-20/h4-9,13,15,19H,2-3,10-12,14H2,1H3,(H,26,30)/t19-/m0/s1. The highest BCUT2D eigenvalue weighted by molar-refractivity contribution is 7.99. The molecule has 3 heterocycles. The molecule has 1 atom stereocenters. The summed E-state index contributed by atoms with van der Waals surface area (Å²) < 4.78 is 13.1. The zero-order chi connectivity index (χ0) is 23.5. The zero-order valence-electron chi connectivity index (χ0n) is 18.8. The van der Waals surface area contributed by atoms with Crippen molar-refractivity contribution in [3.05, 3.63) is 59.9 Å². The number of benzene rings is 2. The average Bonchev–Trinajstić information content (AvgIpc) is 3.51. The maximum atomic E-state index is 13.3. The quantitative estimate of drug-likeness (QED) is 0.542. The predicted molar refractivity (Wildman–Crippen MR) is 127 cm³/mol. The van der Waals surface area contributed by atoms with Gasteiger partial charge in [0.2, 0.25) is 5.91 Å². The molecule has 34 heavy (non-hydrogen) atoms. The molecule has 2 aliphatic heterocycles. The molecule has 2 aliphatic rings. The molecule has 0 unspecified atom stereocenters. The summed E-state index contributed by atoms with van der Waals surface area (Å²) in [5.74, 6) is 1.54. The minimum absolute atomic E-state index is 0.000318. The van der Waals surface area contributed by atoms with E-state index in [1.807, 2.05) is 30.1 Å². The van der Waals surface area contributed by atoms with E-state index in [9.17, 15) is 9.59 Å². The summed E-state index contributed by atoms with van der Waals surface area (Å²) in [6, 6.07) is 13.0. The molecule has 1 fully saturated rings. The molecular weight excluding hydrogens is 454 g/mol. The van der Waals surface area contributed by atoms with Crippen LogP contribution < -0.4 is 14.8 Å². The second-order valence-electron chi connectivity index (χ2n) is 8.20. The first-order valence-corrected chi connectivity index (χ1v) is 12.1. The van der Waals surface area contributed by atoms with E-state index in [1.165, 1.54) is 11.8 Å². The lowest BCUT2D eigenvalue weighted by molar-refractivity contribution is -0.113. The van der Waals surface area contributed by atoms with Gasteiger partial charge in [-0.3, -0.25) is 9.59 Å². The number of carbonyl (C=O) groups is 2. The van der Waals surface area contributed by atoms with Crippen molar-refractivity contribution >= 4 is 29.3 Å². The van der Waals surface area contributed by atoms with Gasteiger partial charge in [-0.15, -0.1) is 10.2 Å². The smallest absolute Gasteiger partial charge is 0.254 e. The maximum Gasteiger partial charge on any atom is 0.254 e. The van der Waals surface area contributed by atoms with Crippen molar-refractivity contribution in [1.82, 2.24) is 19.7 Å². The third-order valence-electron chi connectivity index (χ3n) is 5.88. The third-order valence-corrected chi connectivity index (χ3v) is 6.92. The van der Waals surface area contributed by atoms with Crippen molar-refractivity contribution in [2.75, 3.05) is 30.8 Å². The number of ether oxygens (including phenoxy) is 2. The molecule has 3 aromatic rings. The Morgan fingerprint density at radius 3 is 2.68 bits per heavy atom. The second kappa shape index (κ2) is 9.76. The number of hydrogen-bond acceptors (Lipinski definition) is 7. The minimum Gasteiger partial charge on any atom is -0.486 e. The molecule has 10 heteroatoms. The lowest BCUT2D eigenvalue weighted by atomic mass is 10.0. The lowest BCUT2D eigenvalue weighted by Crippen LogP contribution is -2.30. The van der Waals surface area contributed by atoms with Gasteiger partial charge in [0.15, 0.2) is 16.7 Å². The highest BCUT2D eigenvalue weighted by atomic mass is 32.2. The Bertz CT molecular complexity index is 1200. The van der Waals surface area contributed by atoms with E-state index in [0.717, 1.165) is 29.9 Å². The Morgan fingerprint density at radius 2 is 1.91 bits per heavy atom. The van der Waals surface area contributed by atoms with Crippen LogP contribution in [0, 0.1) is 0 Å². The number of anilines is 1. The third kappa shape index (κ3) is 4.72. The normalized spacial score (nSPS) is 17.0. The number of nitrogens with one attached hydrogen (secondary N) is 1. The fourth-order valence-corrected chi connectivity index (χ4v) is 4.90. The van der Waals surface area contributed by atoms with Crippen LogP contribution in [0.5, 0.6) is 11.5 Å². The number of aryl methyl sites for hydroxylation is 1. The Hall–Kier alpha value is -3.53. The van der Waals surface area contributed by atoms with Gasteiger partial charge >= 0.3 is 0 Å². The van der Waals surface area contributed by atoms with E-state index < -0.39 is 0 Å². The Kier molecular flexibility index (Phi) is 6.39. The number of rotatable bonds is 6. The van der Waals surface area contributed by atoms with Crippen molar-refractivity contribution in [3.8, 4) is 11.5 Å². The molecule has 0 radical (unpaired) electrons. The number of likely N-dealkylation sites (tertiary alicyclic amines) is 1. The van der Waals surface area contributed by atoms with Crippen molar-refractivity contribution in [2.24, 2.45) is 7.05 Å². The van der Waals surface area contributed by atoms with Gasteiger partial charge < -0.3 is 24.3 Å². The summed E-state index contributed by atoms with van der Waals surface area (Å²) in [4.78, 5) is 27.5. The van der Waals surface area contributed by atoms with E-state index in [2.05, 4.69) is 15.5 Å². The van der Waals surface area contributed by atoms with Gasteiger partial charge in [-0.2, -0.15) is 0 Å². The van der Waals surface area contributed by atoms with E-state index in [4.69, 9.17) is 9.47 Å². The van der Waals surface area contributed by atoms with Crippen LogP contribution in [0.1, 0.15) is 34.8 Å². The minimum atomic E-state index is -0.148. The lowest BCUT2D eigenvalue weighted by Gasteiger charge is -2.27. The van der Waals surface area contributed by atoms with Gasteiger partial charge in [0, 0.05) is 24.8 Å². The molecule has 2 aromatic carbocycles. The van der Waals surface area contributed by atoms with Crippen molar-refractivity contribution < 1.29 is 19.1 Å². The van der Waals surface area contributed by atoms with E-state index in [1.54, 1.807) is 35.2 Å². The molecular formula is C24H25N5O4S. The second-order valence-corrected chi connectivity index (χ2v) is 9.14. The molecule has 0 bridgehead atoms. The first-order chi connectivity index (χ1) is 16.6. The molecule has 0 spiro atoms. The Labute approximate surface area is 201 Å². The molecule has 9 nitrogen and oxygen atoms in total. The highest BCUT2D eigenvalue weighted by Gasteiger charge is 2.31. The summed E-state index contributed by atoms with van der Waals surface area (Å²) >= 11 is 1.31. The van der Waals surface area contributed by atoms with E-state index in [-0.39, 0.29) is 23.6 Å². The highest BCUT2D eigenvalue weighted by Crippen LogP contribution is 2.38. The van der Waals surface area contributed by atoms with Crippen LogP contribution in [0.25, 0.3) is 0 Å². The van der Waals surface area contributed by atoms with Crippen LogP contribution in [0.4, 0.5) is 5.69 Å². The Balaban J connectivity index is 1.22. The number of carbonyl (C=O) groups excluding carboxylic acids is 2. The summed E-state index contributed by atoms with van der Waals surface area (Å²) in [5.41, 5.74) is 2.29. The van der Waals surface area contributed by atoms with Gasteiger partial charge in [0.25, 0.3) is 5.91 Å². The first-order valence-electron chi connectivity index (χ1n) is 11.2. The van der Waals surface area contributed by atoms with Crippen LogP contribution >= 0.6 is 11.8 Å². The molecule has 1 aromatic heterocycles. The van der Waals surface area contributed by atoms with Crippen molar-refractivity contribution in [3.63, 3.8) is 0 Å². The SMILES string of the molecule is Cn1cnnc1SCC(=O)Nc1ccc(C(=O)N2CCC[C@H]2c2ccc3c(c2)OCCO3)cc1. The first kappa shape index (κ1) is 22.3. The van der Waals surface area contributed by atoms with Gasteiger partial charge in [-0.05, 0) is 54.8 Å². The van der Waals surface area contributed by atoms with Crippen LogP contribution in [0.2, 0.25) is 0 Å². The molecule has 1 saturated heterocycles. The predicted octanol–water partition coefficient (Wildman–Crippen LogP) is 3.29. The number of hydrogen-bond donors (Lipinski definition) is 1. The van der Waals surface area contributed by atoms with Crippen LogP contribution in [-0.2, 0) is 11.8 Å². The zero-order valence-corrected chi connectivity index (χ0v) is 19.6. The van der Waals surface area contributed by atoms with Gasteiger partial charge in [0.05, 0.1) is 11.8 Å². The Morgan fingerprint density at radius 1 is 1.12 bits per heavy atom. The fourth-order valence-electron chi connectivity index (χ4n) is 4.22. The number of aromatic nitrogens is 3. The summed E-state index contributed by atoms with van der Waals surface area (Å²) in [5, 5.41) is 11.3. The van der Waals surface area contributed by atoms with Gasteiger partial charge in [-0.1, -0.05) is 17.8 Å².